The van der Waals surface area contributed by atoms with Gasteiger partial charge in [0, 0.05) is 11.4 Å². The Morgan fingerprint density at radius 3 is 3.00 bits per heavy atom. The molecule has 4 rings (SSSR count). The second-order valence-corrected chi connectivity index (χ2v) is 7.96. The highest BCUT2D eigenvalue weighted by atomic mass is 32.2. The zero-order valence-electron chi connectivity index (χ0n) is 10.8. The van der Waals surface area contributed by atoms with Gasteiger partial charge in [0.15, 0.2) is 0 Å². The smallest absolute Gasteiger partial charge is 0.244 e. The molecule has 1 saturated carbocycles. The van der Waals surface area contributed by atoms with Crippen LogP contribution in [0, 0.1) is 5.92 Å². The molecule has 1 spiro atoms. The summed E-state index contributed by atoms with van der Waals surface area (Å²) in [4.78, 5) is 16.0. The van der Waals surface area contributed by atoms with Crippen molar-refractivity contribution in [1.82, 2.24) is 10.2 Å². The van der Waals surface area contributed by atoms with Crippen LogP contribution in [0.2, 0.25) is 0 Å². The van der Waals surface area contributed by atoms with Gasteiger partial charge in [0.1, 0.15) is 11.7 Å². The van der Waals surface area contributed by atoms with E-state index in [2.05, 4.69) is 27.7 Å². The largest absolute Gasteiger partial charge is 0.320 e. The highest BCUT2D eigenvalue weighted by Crippen LogP contribution is 2.47. The van der Waals surface area contributed by atoms with Crippen molar-refractivity contribution in [2.75, 3.05) is 18.1 Å². The van der Waals surface area contributed by atoms with E-state index in [-0.39, 0.29) is 11.7 Å². The van der Waals surface area contributed by atoms with Gasteiger partial charge >= 0.3 is 0 Å². The van der Waals surface area contributed by atoms with Crippen LogP contribution in [0.15, 0.2) is 17.5 Å². The first-order valence-corrected chi connectivity index (χ1v) is 9.02. The Bertz CT molecular complexity index is 478. The van der Waals surface area contributed by atoms with Gasteiger partial charge in [-0.3, -0.25) is 10.1 Å². The maximum Gasteiger partial charge on any atom is 0.244 e. The fraction of sp³-hybridized carbons (Fsp3) is 0.643. The van der Waals surface area contributed by atoms with Crippen LogP contribution in [0.1, 0.15) is 30.3 Å². The molecule has 1 aromatic rings. The summed E-state index contributed by atoms with van der Waals surface area (Å²) in [6.45, 7) is 0.934. The van der Waals surface area contributed by atoms with Crippen LogP contribution in [0.5, 0.6) is 0 Å². The standard InChI is InChI=1S/C14H18N2OS2/c17-13-14(4-5-14)15-12(11-2-1-6-19-11)16(13)8-10-3-7-18-9-10/h1-2,6,10,12,15H,3-5,7-9H2. The van der Waals surface area contributed by atoms with Gasteiger partial charge in [-0.05, 0) is 48.1 Å². The van der Waals surface area contributed by atoms with Crippen LogP contribution < -0.4 is 5.32 Å². The van der Waals surface area contributed by atoms with Crippen LogP contribution in [-0.2, 0) is 4.79 Å². The third-order valence-corrected chi connectivity index (χ3v) is 6.59. The predicted molar refractivity (Wildman–Crippen MR) is 79.3 cm³/mol. The third-order valence-electron chi connectivity index (χ3n) is 4.44. The molecule has 2 aliphatic heterocycles. The average Bonchev–Trinajstić information content (AvgIpc) is 2.86. The summed E-state index contributed by atoms with van der Waals surface area (Å²) in [5, 5.41) is 5.70. The van der Waals surface area contributed by atoms with Crippen molar-refractivity contribution < 1.29 is 4.79 Å². The topological polar surface area (TPSA) is 32.3 Å². The molecule has 102 valence electrons. The summed E-state index contributed by atoms with van der Waals surface area (Å²) in [7, 11) is 0. The number of thioether (sulfide) groups is 1. The van der Waals surface area contributed by atoms with E-state index >= 15 is 0 Å². The van der Waals surface area contributed by atoms with Crippen molar-refractivity contribution in [3.8, 4) is 0 Å². The molecule has 2 atom stereocenters. The highest BCUT2D eigenvalue weighted by Gasteiger charge is 2.59. The molecule has 3 fully saturated rings. The van der Waals surface area contributed by atoms with Crippen molar-refractivity contribution >= 4 is 29.0 Å². The lowest BCUT2D eigenvalue weighted by Crippen LogP contribution is -2.35. The van der Waals surface area contributed by atoms with Crippen LogP contribution in [-0.4, -0.2) is 34.4 Å². The van der Waals surface area contributed by atoms with E-state index in [9.17, 15) is 4.79 Å². The van der Waals surface area contributed by atoms with Crippen LogP contribution in [0.25, 0.3) is 0 Å². The molecule has 0 aromatic carbocycles. The van der Waals surface area contributed by atoms with Crippen molar-refractivity contribution in [3.63, 3.8) is 0 Å². The molecule has 1 N–H and O–H groups in total. The summed E-state index contributed by atoms with van der Waals surface area (Å²) in [5.41, 5.74) is -0.194. The Labute approximate surface area is 121 Å². The Morgan fingerprint density at radius 1 is 1.47 bits per heavy atom. The lowest BCUT2D eigenvalue weighted by molar-refractivity contribution is -0.131. The number of hydrogen-bond donors (Lipinski definition) is 1. The van der Waals surface area contributed by atoms with Crippen molar-refractivity contribution in [3.05, 3.63) is 22.4 Å². The Balaban J connectivity index is 1.58. The molecule has 0 bridgehead atoms. The van der Waals surface area contributed by atoms with Gasteiger partial charge in [-0.15, -0.1) is 11.3 Å². The molecule has 1 aromatic heterocycles. The molecule has 0 radical (unpaired) electrons. The van der Waals surface area contributed by atoms with Crippen LogP contribution in [0.4, 0.5) is 0 Å². The predicted octanol–water partition coefficient (Wildman–Crippen LogP) is 2.46. The number of hydrogen-bond acceptors (Lipinski definition) is 4. The molecule has 3 heterocycles. The highest BCUT2D eigenvalue weighted by molar-refractivity contribution is 7.99. The first kappa shape index (κ1) is 12.2. The summed E-state index contributed by atoms with van der Waals surface area (Å²) >= 11 is 3.78. The lowest BCUT2D eigenvalue weighted by atomic mass is 10.1. The quantitative estimate of drug-likeness (QED) is 0.929. The minimum atomic E-state index is -0.194. The van der Waals surface area contributed by atoms with Crippen LogP contribution >= 0.6 is 23.1 Å². The lowest BCUT2D eigenvalue weighted by Gasteiger charge is -2.26. The number of carbonyl (C=O) groups is 1. The summed E-state index contributed by atoms with van der Waals surface area (Å²) < 4.78 is 0. The molecule has 2 saturated heterocycles. The number of carbonyl (C=O) groups excluding carboxylic acids is 1. The zero-order chi connectivity index (χ0) is 12.9. The van der Waals surface area contributed by atoms with E-state index in [1.165, 1.54) is 22.8 Å². The molecule has 3 aliphatic rings. The Kier molecular flexibility index (Phi) is 2.90. The van der Waals surface area contributed by atoms with Gasteiger partial charge in [-0.1, -0.05) is 6.07 Å². The maximum absolute atomic E-state index is 12.6. The van der Waals surface area contributed by atoms with Gasteiger partial charge in [0.2, 0.25) is 5.91 Å². The molecule has 19 heavy (non-hydrogen) atoms. The van der Waals surface area contributed by atoms with Gasteiger partial charge in [0.05, 0.1) is 0 Å². The Hall–Kier alpha value is -0.520. The van der Waals surface area contributed by atoms with Crippen LogP contribution in [0.3, 0.4) is 0 Å². The fourth-order valence-corrected chi connectivity index (χ4v) is 5.20. The number of thiophene rings is 1. The summed E-state index contributed by atoms with van der Waals surface area (Å²) in [6, 6.07) is 4.22. The normalized spacial score (nSPS) is 32.4. The number of amides is 1. The SMILES string of the molecule is O=C1N(CC2CCSC2)C(c2cccs2)NC12CC2. The van der Waals surface area contributed by atoms with E-state index in [0.717, 1.165) is 19.4 Å². The van der Waals surface area contributed by atoms with Crippen molar-refractivity contribution in [2.24, 2.45) is 5.92 Å². The van der Waals surface area contributed by atoms with Gasteiger partial charge < -0.3 is 4.90 Å². The van der Waals surface area contributed by atoms with Crippen molar-refractivity contribution in [1.29, 1.82) is 0 Å². The fourth-order valence-electron chi connectivity index (χ4n) is 3.14. The van der Waals surface area contributed by atoms with Gasteiger partial charge in [-0.2, -0.15) is 11.8 Å². The second kappa shape index (κ2) is 4.50. The minimum absolute atomic E-state index is 0.126. The van der Waals surface area contributed by atoms with E-state index in [1.807, 2.05) is 11.8 Å². The number of nitrogens with one attached hydrogen (secondary N) is 1. The van der Waals surface area contributed by atoms with E-state index in [1.54, 1.807) is 11.3 Å². The first-order chi connectivity index (χ1) is 9.28. The summed E-state index contributed by atoms with van der Waals surface area (Å²) in [6.07, 6.45) is 3.42. The molecule has 3 nitrogen and oxygen atoms in total. The molecule has 1 amide bonds. The van der Waals surface area contributed by atoms with E-state index < -0.39 is 0 Å². The summed E-state index contributed by atoms with van der Waals surface area (Å²) in [5.74, 6) is 3.51. The first-order valence-electron chi connectivity index (χ1n) is 6.98. The Morgan fingerprint density at radius 2 is 2.37 bits per heavy atom. The average molecular weight is 294 g/mol. The molecule has 5 heteroatoms. The van der Waals surface area contributed by atoms with E-state index in [0.29, 0.717) is 11.8 Å². The molecular formula is C14H18N2OS2. The van der Waals surface area contributed by atoms with Gasteiger partial charge in [-0.25, -0.2) is 0 Å². The van der Waals surface area contributed by atoms with Crippen molar-refractivity contribution in [2.45, 2.75) is 31.0 Å². The second-order valence-electron chi connectivity index (χ2n) is 5.83. The van der Waals surface area contributed by atoms with Gasteiger partial charge in [0.25, 0.3) is 0 Å². The monoisotopic (exact) mass is 294 g/mol. The third kappa shape index (κ3) is 2.03. The molecule has 1 aliphatic carbocycles. The maximum atomic E-state index is 12.6. The molecule has 2 unspecified atom stereocenters. The molecular weight excluding hydrogens is 276 g/mol. The number of nitrogens with zero attached hydrogens (tertiary/aromatic N) is 1. The zero-order valence-corrected chi connectivity index (χ0v) is 12.4. The number of rotatable bonds is 3. The van der Waals surface area contributed by atoms with E-state index in [4.69, 9.17) is 0 Å². The minimum Gasteiger partial charge on any atom is -0.320 e.